The molecule has 2 aliphatic heterocycles. The first kappa shape index (κ1) is 20.3. The van der Waals surface area contributed by atoms with Crippen molar-refractivity contribution >= 4 is 28.7 Å². The minimum Gasteiger partial charge on any atom is -0.463 e. The van der Waals surface area contributed by atoms with Crippen LogP contribution in [0.5, 0.6) is 0 Å². The Morgan fingerprint density at radius 1 is 1.29 bits per heavy atom. The van der Waals surface area contributed by atoms with Crippen LogP contribution in [0.2, 0.25) is 5.15 Å². The molecule has 4 atom stereocenters. The van der Waals surface area contributed by atoms with E-state index in [1.54, 1.807) is 6.33 Å². The minimum atomic E-state index is -0.943. The van der Waals surface area contributed by atoms with Gasteiger partial charge < -0.3 is 18.9 Å². The van der Waals surface area contributed by atoms with Crippen molar-refractivity contribution in [3.8, 4) is 0 Å². The molecule has 9 nitrogen and oxygen atoms in total. The molecule has 1 aromatic carbocycles. The fraction of sp³-hybridized carbons (Fsp3) is 0.429. The molecule has 4 heterocycles. The number of aromatic nitrogens is 4. The average molecular weight is 445 g/mol. The first-order valence-corrected chi connectivity index (χ1v) is 10.3. The van der Waals surface area contributed by atoms with Gasteiger partial charge in [0.25, 0.3) is 0 Å². The van der Waals surface area contributed by atoms with Gasteiger partial charge in [0.15, 0.2) is 16.4 Å². The number of nitrogens with zero attached hydrogens (tertiary/aromatic N) is 4. The summed E-state index contributed by atoms with van der Waals surface area (Å²) in [5.74, 6) is -0.558. The summed E-state index contributed by atoms with van der Waals surface area (Å²) in [6, 6.07) is 9.89. The lowest BCUT2D eigenvalue weighted by molar-refractivity contribution is -0.193. The zero-order chi connectivity index (χ0) is 21.4. The molecule has 2 aromatic heterocycles. The van der Waals surface area contributed by atoms with Crippen LogP contribution in [0.3, 0.4) is 0 Å². The van der Waals surface area contributed by atoms with Gasteiger partial charge in [-0.1, -0.05) is 41.9 Å². The van der Waals surface area contributed by atoms with Gasteiger partial charge in [-0.2, -0.15) is 0 Å². The summed E-state index contributed by atoms with van der Waals surface area (Å²) in [5.41, 5.74) is 1.15. The van der Waals surface area contributed by atoms with Crippen molar-refractivity contribution in [3.63, 3.8) is 0 Å². The Morgan fingerprint density at radius 2 is 2.13 bits per heavy atom. The lowest BCUT2D eigenvalue weighted by atomic mass is 9.88. The van der Waals surface area contributed by atoms with Crippen molar-refractivity contribution in [2.45, 2.75) is 31.5 Å². The highest BCUT2D eigenvalue weighted by Gasteiger charge is 2.60. The van der Waals surface area contributed by atoms with E-state index in [9.17, 15) is 4.79 Å². The van der Waals surface area contributed by atoms with E-state index in [0.29, 0.717) is 24.4 Å². The quantitative estimate of drug-likeness (QED) is 0.422. The highest BCUT2D eigenvalue weighted by atomic mass is 35.5. The van der Waals surface area contributed by atoms with Crippen molar-refractivity contribution in [1.82, 2.24) is 19.5 Å². The van der Waals surface area contributed by atoms with Gasteiger partial charge >= 0.3 is 5.97 Å². The van der Waals surface area contributed by atoms with Crippen LogP contribution in [0.25, 0.3) is 11.2 Å². The number of fused-ring (bicyclic) bond motifs is 3. The first-order chi connectivity index (χ1) is 15.1. The van der Waals surface area contributed by atoms with Crippen molar-refractivity contribution in [2.75, 3.05) is 19.8 Å². The molecule has 2 fully saturated rings. The van der Waals surface area contributed by atoms with Crippen LogP contribution in [0.1, 0.15) is 18.7 Å². The second-order valence-electron chi connectivity index (χ2n) is 7.74. The first-order valence-electron chi connectivity index (χ1n) is 9.95. The Labute approximate surface area is 183 Å². The lowest BCUT2D eigenvalue weighted by Crippen LogP contribution is -2.54. The molecule has 0 amide bonds. The smallest absolute Gasteiger partial charge is 0.302 e. The van der Waals surface area contributed by atoms with Gasteiger partial charge in [0, 0.05) is 6.92 Å². The van der Waals surface area contributed by atoms with Crippen LogP contribution in [0.15, 0.2) is 43.0 Å². The van der Waals surface area contributed by atoms with Crippen molar-refractivity contribution in [1.29, 1.82) is 0 Å². The third-order valence-corrected chi connectivity index (χ3v) is 5.94. The molecule has 0 aliphatic carbocycles. The Balaban J connectivity index is 1.49. The standard InChI is InChI=1S/C21H21ClN4O5/c1-13(27)30-10-21-9-28-8-15(17(21)29-7-14-5-3-2-4-6-14)20(31-21)26-12-25-16-18(22)23-11-24-19(16)26/h2-6,11-12,15,17,20H,7-10H2,1H3/t15?,17-,20+,21-/m1/s1. The predicted octanol–water partition coefficient (Wildman–Crippen LogP) is 2.54. The van der Waals surface area contributed by atoms with E-state index in [4.69, 9.17) is 30.5 Å². The van der Waals surface area contributed by atoms with E-state index in [0.717, 1.165) is 5.56 Å². The molecule has 0 radical (unpaired) electrons. The topological polar surface area (TPSA) is 97.6 Å². The molecule has 0 spiro atoms. The van der Waals surface area contributed by atoms with E-state index < -0.39 is 17.8 Å². The highest BCUT2D eigenvalue weighted by Crippen LogP contribution is 2.48. The molecular weight excluding hydrogens is 424 g/mol. The maximum absolute atomic E-state index is 11.6. The molecule has 2 bridgehead atoms. The normalized spacial score (nSPS) is 27.5. The minimum absolute atomic E-state index is 0.0250. The average Bonchev–Trinajstić information content (AvgIpc) is 3.27. The SMILES string of the molecule is CC(=O)OC[C@]12COCC([C@H]1OCc1ccccc1)[C@@H](n1cnc3c(Cl)ncnc31)O2. The van der Waals surface area contributed by atoms with Crippen LogP contribution in [-0.4, -0.2) is 57.0 Å². The summed E-state index contributed by atoms with van der Waals surface area (Å²) in [6.07, 6.45) is 2.18. The van der Waals surface area contributed by atoms with Gasteiger partial charge in [-0.3, -0.25) is 9.36 Å². The monoisotopic (exact) mass is 444 g/mol. The molecule has 0 saturated carbocycles. The van der Waals surface area contributed by atoms with Gasteiger partial charge in [-0.15, -0.1) is 0 Å². The number of imidazole rings is 1. The zero-order valence-corrected chi connectivity index (χ0v) is 17.6. The third-order valence-electron chi connectivity index (χ3n) is 5.67. The summed E-state index contributed by atoms with van der Waals surface area (Å²) in [7, 11) is 0. The van der Waals surface area contributed by atoms with E-state index in [-0.39, 0.29) is 30.4 Å². The molecular formula is C21H21ClN4O5. The number of halogens is 1. The second-order valence-corrected chi connectivity index (χ2v) is 8.10. The summed E-state index contributed by atoms with van der Waals surface area (Å²) >= 11 is 6.17. The Morgan fingerprint density at radius 3 is 2.94 bits per heavy atom. The largest absolute Gasteiger partial charge is 0.463 e. The van der Waals surface area contributed by atoms with Crippen LogP contribution in [0, 0.1) is 5.92 Å². The predicted molar refractivity (Wildman–Crippen MR) is 109 cm³/mol. The molecule has 2 saturated heterocycles. The molecule has 5 rings (SSSR count). The van der Waals surface area contributed by atoms with Gasteiger partial charge in [-0.25, -0.2) is 15.0 Å². The van der Waals surface area contributed by atoms with Crippen molar-refractivity contribution in [2.24, 2.45) is 5.92 Å². The summed E-state index contributed by atoms with van der Waals surface area (Å²) < 4.78 is 25.9. The molecule has 162 valence electrons. The molecule has 0 N–H and O–H groups in total. The fourth-order valence-corrected chi connectivity index (χ4v) is 4.46. The van der Waals surface area contributed by atoms with E-state index in [1.807, 2.05) is 34.9 Å². The Hall–Kier alpha value is -2.59. The van der Waals surface area contributed by atoms with Crippen LogP contribution in [0.4, 0.5) is 0 Å². The van der Waals surface area contributed by atoms with Gasteiger partial charge in [0.05, 0.1) is 32.1 Å². The van der Waals surface area contributed by atoms with Crippen LogP contribution in [-0.2, 0) is 30.3 Å². The number of carbonyl (C=O) groups excluding carboxylic acids is 1. The van der Waals surface area contributed by atoms with Gasteiger partial charge in [-0.05, 0) is 5.56 Å². The summed E-state index contributed by atoms with van der Waals surface area (Å²) in [5, 5.41) is 0.271. The molecule has 31 heavy (non-hydrogen) atoms. The molecule has 1 unspecified atom stereocenters. The molecule has 3 aromatic rings. The number of esters is 1. The van der Waals surface area contributed by atoms with E-state index >= 15 is 0 Å². The van der Waals surface area contributed by atoms with Gasteiger partial charge in [0.1, 0.15) is 30.8 Å². The number of benzene rings is 1. The third kappa shape index (κ3) is 3.67. The number of carbonyl (C=O) groups is 1. The fourth-order valence-electron chi connectivity index (χ4n) is 4.28. The van der Waals surface area contributed by atoms with E-state index in [1.165, 1.54) is 13.3 Å². The van der Waals surface area contributed by atoms with E-state index in [2.05, 4.69) is 15.0 Å². The molecule has 10 heteroatoms. The maximum atomic E-state index is 11.6. The zero-order valence-electron chi connectivity index (χ0n) is 16.8. The van der Waals surface area contributed by atoms with Crippen molar-refractivity contribution < 1.29 is 23.7 Å². The van der Waals surface area contributed by atoms with Crippen LogP contribution < -0.4 is 0 Å². The molecule has 2 aliphatic rings. The van der Waals surface area contributed by atoms with Crippen LogP contribution >= 0.6 is 11.6 Å². The van der Waals surface area contributed by atoms with Crippen molar-refractivity contribution in [3.05, 3.63) is 53.7 Å². The summed E-state index contributed by atoms with van der Waals surface area (Å²) in [4.78, 5) is 24.2. The number of hydrogen-bond acceptors (Lipinski definition) is 8. The maximum Gasteiger partial charge on any atom is 0.302 e. The number of ether oxygens (including phenoxy) is 4. The lowest BCUT2D eigenvalue weighted by Gasteiger charge is -2.37. The van der Waals surface area contributed by atoms with Gasteiger partial charge in [0.2, 0.25) is 0 Å². The highest BCUT2D eigenvalue weighted by molar-refractivity contribution is 6.33. The Bertz CT molecular complexity index is 1090. The second kappa shape index (κ2) is 8.16. The Kier molecular flexibility index (Phi) is 5.35. The number of hydrogen-bond donors (Lipinski definition) is 0. The summed E-state index contributed by atoms with van der Waals surface area (Å²) in [6.45, 7) is 2.46. The number of rotatable bonds is 6.